The highest BCUT2D eigenvalue weighted by Crippen LogP contribution is 2.23. The third-order valence-electron chi connectivity index (χ3n) is 2.96. The number of aryl methyl sites for hydroxylation is 1. The van der Waals surface area contributed by atoms with Crippen molar-refractivity contribution in [3.8, 4) is 11.5 Å². The monoisotopic (exact) mass is 286 g/mol. The first-order valence-electron chi connectivity index (χ1n) is 6.64. The number of benzene rings is 2. The van der Waals surface area contributed by atoms with Crippen LogP contribution in [0, 0.1) is 6.92 Å². The largest absolute Gasteiger partial charge is 0.507 e. The first-order chi connectivity index (χ1) is 10.1. The topological polar surface area (TPSA) is 84.6 Å². The average Bonchev–Trinajstić information content (AvgIpc) is 2.48. The van der Waals surface area contributed by atoms with Gasteiger partial charge in [-0.2, -0.15) is 0 Å². The molecule has 0 radical (unpaired) electrons. The Morgan fingerprint density at radius 3 is 2.81 bits per heavy atom. The summed E-state index contributed by atoms with van der Waals surface area (Å²) < 4.78 is 5.40. The van der Waals surface area contributed by atoms with Gasteiger partial charge in [-0.05, 0) is 30.7 Å². The number of carbonyl (C=O) groups is 1. The molecule has 4 N–H and O–H groups in total. The van der Waals surface area contributed by atoms with E-state index in [0.717, 1.165) is 0 Å². The SMILES string of the molecule is Cc1cccc(C(=O)Nc2cccc(OCCN)c2)c1O. The summed E-state index contributed by atoms with van der Waals surface area (Å²) in [4.78, 5) is 12.2. The molecule has 0 aliphatic carbocycles. The molecule has 0 spiro atoms. The van der Waals surface area contributed by atoms with E-state index in [2.05, 4.69) is 5.32 Å². The van der Waals surface area contributed by atoms with Gasteiger partial charge in [0.25, 0.3) is 5.91 Å². The zero-order chi connectivity index (χ0) is 15.2. The Morgan fingerprint density at radius 2 is 2.05 bits per heavy atom. The lowest BCUT2D eigenvalue weighted by Gasteiger charge is -2.10. The van der Waals surface area contributed by atoms with Crippen molar-refractivity contribution >= 4 is 11.6 Å². The second-order valence-corrected chi connectivity index (χ2v) is 4.59. The van der Waals surface area contributed by atoms with Crippen molar-refractivity contribution in [3.63, 3.8) is 0 Å². The molecule has 0 unspecified atom stereocenters. The van der Waals surface area contributed by atoms with Crippen LogP contribution in [0.3, 0.4) is 0 Å². The Bertz CT molecular complexity index is 641. The fraction of sp³-hybridized carbons (Fsp3) is 0.188. The number of para-hydroxylation sites is 1. The first-order valence-corrected chi connectivity index (χ1v) is 6.64. The molecule has 0 aliphatic rings. The lowest BCUT2D eigenvalue weighted by Crippen LogP contribution is -2.13. The number of nitrogens with one attached hydrogen (secondary N) is 1. The molecule has 0 atom stereocenters. The van der Waals surface area contributed by atoms with E-state index in [1.165, 1.54) is 0 Å². The maximum atomic E-state index is 12.2. The van der Waals surface area contributed by atoms with Gasteiger partial charge in [-0.25, -0.2) is 0 Å². The number of ether oxygens (including phenoxy) is 1. The standard InChI is InChI=1S/C16H18N2O3/c1-11-4-2-7-14(15(11)19)16(20)18-12-5-3-6-13(10-12)21-9-8-17/h2-7,10,19H,8-9,17H2,1H3,(H,18,20). The van der Waals surface area contributed by atoms with Gasteiger partial charge in [-0.3, -0.25) is 4.79 Å². The second-order valence-electron chi connectivity index (χ2n) is 4.59. The van der Waals surface area contributed by atoms with E-state index in [1.807, 2.05) is 0 Å². The highest BCUT2D eigenvalue weighted by atomic mass is 16.5. The van der Waals surface area contributed by atoms with Gasteiger partial charge in [0.1, 0.15) is 18.1 Å². The molecule has 21 heavy (non-hydrogen) atoms. The molecular formula is C16H18N2O3. The van der Waals surface area contributed by atoms with Crippen LogP contribution in [0.1, 0.15) is 15.9 Å². The molecule has 2 aromatic carbocycles. The third kappa shape index (κ3) is 3.73. The molecule has 5 heteroatoms. The summed E-state index contributed by atoms with van der Waals surface area (Å²) in [5.41, 5.74) is 6.87. The Morgan fingerprint density at radius 1 is 1.29 bits per heavy atom. The molecular weight excluding hydrogens is 268 g/mol. The maximum absolute atomic E-state index is 12.2. The Kier molecular flexibility index (Phi) is 4.79. The smallest absolute Gasteiger partial charge is 0.259 e. The Hall–Kier alpha value is -2.53. The van der Waals surface area contributed by atoms with E-state index in [-0.39, 0.29) is 17.2 Å². The predicted octanol–water partition coefficient (Wildman–Crippen LogP) is 2.29. The highest BCUT2D eigenvalue weighted by Gasteiger charge is 2.12. The number of amides is 1. The minimum absolute atomic E-state index is 0.00876. The highest BCUT2D eigenvalue weighted by molar-refractivity contribution is 6.06. The van der Waals surface area contributed by atoms with Crippen LogP contribution in [-0.2, 0) is 0 Å². The number of nitrogens with two attached hydrogens (primary N) is 1. The quantitative estimate of drug-likeness (QED) is 0.787. The number of carbonyl (C=O) groups excluding carboxylic acids is 1. The molecule has 0 bridgehead atoms. The fourth-order valence-electron chi connectivity index (χ4n) is 1.88. The van der Waals surface area contributed by atoms with Crippen LogP contribution >= 0.6 is 0 Å². The predicted molar refractivity (Wildman–Crippen MR) is 81.8 cm³/mol. The number of hydrogen-bond acceptors (Lipinski definition) is 4. The minimum atomic E-state index is -0.368. The summed E-state index contributed by atoms with van der Waals surface area (Å²) in [6, 6.07) is 12.1. The molecule has 0 heterocycles. The van der Waals surface area contributed by atoms with E-state index in [4.69, 9.17) is 10.5 Å². The van der Waals surface area contributed by atoms with Crippen LogP contribution in [0.4, 0.5) is 5.69 Å². The van der Waals surface area contributed by atoms with Crippen molar-refractivity contribution in [2.75, 3.05) is 18.5 Å². The summed E-state index contributed by atoms with van der Waals surface area (Å²) in [5, 5.41) is 12.7. The van der Waals surface area contributed by atoms with Gasteiger partial charge in [0, 0.05) is 18.3 Å². The molecule has 0 saturated heterocycles. The minimum Gasteiger partial charge on any atom is -0.507 e. The summed E-state index contributed by atoms with van der Waals surface area (Å²) in [6.45, 7) is 2.58. The molecule has 2 rings (SSSR count). The third-order valence-corrected chi connectivity index (χ3v) is 2.96. The van der Waals surface area contributed by atoms with Crippen LogP contribution in [0.2, 0.25) is 0 Å². The van der Waals surface area contributed by atoms with Crippen LogP contribution in [0.5, 0.6) is 11.5 Å². The Balaban J connectivity index is 2.14. The molecule has 0 fully saturated rings. The number of phenolic OH excluding ortho intramolecular Hbond substituents is 1. The fourth-order valence-corrected chi connectivity index (χ4v) is 1.88. The van der Waals surface area contributed by atoms with E-state index in [9.17, 15) is 9.90 Å². The number of aromatic hydroxyl groups is 1. The van der Waals surface area contributed by atoms with Crippen molar-refractivity contribution in [2.45, 2.75) is 6.92 Å². The van der Waals surface area contributed by atoms with Gasteiger partial charge >= 0.3 is 0 Å². The van der Waals surface area contributed by atoms with Crippen molar-refractivity contribution < 1.29 is 14.6 Å². The van der Waals surface area contributed by atoms with Crippen LogP contribution in [-0.4, -0.2) is 24.2 Å². The van der Waals surface area contributed by atoms with Crippen molar-refractivity contribution in [1.29, 1.82) is 0 Å². The van der Waals surface area contributed by atoms with Gasteiger partial charge in [0.05, 0.1) is 5.56 Å². The van der Waals surface area contributed by atoms with Crippen LogP contribution in [0.15, 0.2) is 42.5 Å². The number of rotatable bonds is 5. The molecule has 0 aliphatic heterocycles. The molecule has 2 aromatic rings. The van der Waals surface area contributed by atoms with Crippen molar-refractivity contribution in [3.05, 3.63) is 53.6 Å². The van der Waals surface area contributed by atoms with Gasteiger partial charge in [-0.1, -0.05) is 18.2 Å². The average molecular weight is 286 g/mol. The first kappa shape index (κ1) is 14.9. The number of hydrogen-bond donors (Lipinski definition) is 3. The zero-order valence-electron chi connectivity index (χ0n) is 11.8. The normalized spacial score (nSPS) is 10.2. The molecule has 0 aromatic heterocycles. The van der Waals surface area contributed by atoms with Gasteiger partial charge < -0.3 is 20.9 Å². The maximum Gasteiger partial charge on any atom is 0.259 e. The lowest BCUT2D eigenvalue weighted by atomic mass is 10.1. The summed E-state index contributed by atoms with van der Waals surface area (Å²) in [5.74, 6) is 0.254. The number of anilines is 1. The number of phenols is 1. The molecule has 5 nitrogen and oxygen atoms in total. The summed E-state index contributed by atoms with van der Waals surface area (Å²) >= 11 is 0. The molecule has 110 valence electrons. The van der Waals surface area contributed by atoms with Crippen molar-refractivity contribution in [2.24, 2.45) is 5.73 Å². The second kappa shape index (κ2) is 6.76. The van der Waals surface area contributed by atoms with E-state index in [0.29, 0.717) is 30.2 Å². The van der Waals surface area contributed by atoms with E-state index < -0.39 is 0 Å². The van der Waals surface area contributed by atoms with Crippen LogP contribution in [0.25, 0.3) is 0 Å². The summed E-state index contributed by atoms with van der Waals surface area (Å²) in [7, 11) is 0. The Labute approximate surface area is 123 Å². The lowest BCUT2D eigenvalue weighted by molar-refractivity contribution is 0.102. The zero-order valence-corrected chi connectivity index (χ0v) is 11.8. The molecule has 0 saturated carbocycles. The van der Waals surface area contributed by atoms with Crippen molar-refractivity contribution in [1.82, 2.24) is 0 Å². The van der Waals surface area contributed by atoms with Gasteiger partial charge in [0.15, 0.2) is 0 Å². The van der Waals surface area contributed by atoms with E-state index in [1.54, 1.807) is 49.4 Å². The summed E-state index contributed by atoms with van der Waals surface area (Å²) in [6.07, 6.45) is 0. The van der Waals surface area contributed by atoms with Crippen LogP contribution < -0.4 is 15.8 Å². The molecule has 1 amide bonds. The van der Waals surface area contributed by atoms with Gasteiger partial charge in [0.2, 0.25) is 0 Å². The van der Waals surface area contributed by atoms with Gasteiger partial charge in [-0.15, -0.1) is 0 Å². The van der Waals surface area contributed by atoms with E-state index >= 15 is 0 Å².